The number of thiophene rings is 2. The summed E-state index contributed by atoms with van der Waals surface area (Å²) in [6, 6.07) is 23.1. The number of hydrogen-bond acceptors (Lipinski definition) is 7. The van der Waals surface area contributed by atoms with Crippen LogP contribution in [0.4, 0.5) is 5.69 Å². The van der Waals surface area contributed by atoms with Crippen LogP contribution in [0, 0.1) is 0 Å². The van der Waals surface area contributed by atoms with E-state index in [4.69, 9.17) is 5.10 Å². The van der Waals surface area contributed by atoms with Gasteiger partial charge in [0.25, 0.3) is 15.9 Å². The van der Waals surface area contributed by atoms with Gasteiger partial charge in [-0.15, -0.1) is 22.7 Å². The van der Waals surface area contributed by atoms with Crippen molar-refractivity contribution in [3.63, 3.8) is 0 Å². The van der Waals surface area contributed by atoms with E-state index < -0.39 is 15.9 Å². The molecule has 8 nitrogen and oxygen atoms in total. The average molecular weight is 534 g/mol. The fourth-order valence-electron chi connectivity index (χ4n) is 3.40. The predicted molar refractivity (Wildman–Crippen MR) is 144 cm³/mol. The Hall–Kier alpha value is -4.06. The molecule has 0 bridgehead atoms. The maximum absolute atomic E-state index is 12.9. The number of benzene rings is 2. The maximum Gasteiger partial charge on any atom is 0.273 e. The van der Waals surface area contributed by atoms with Gasteiger partial charge in [0.2, 0.25) is 0 Å². The lowest BCUT2D eigenvalue weighted by Crippen LogP contribution is -2.21. The number of nitrogens with zero attached hydrogens (tertiary/aromatic N) is 3. The molecular weight excluding hydrogens is 515 g/mol. The SMILES string of the molecule is O=C(NN=Cc1cn(-c2ccccc2)nc1-c1cccs1)c1ccccc1NS(=O)(=O)c1cccs1. The summed E-state index contributed by atoms with van der Waals surface area (Å²) in [7, 11) is -3.80. The van der Waals surface area contributed by atoms with Gasteiger partial charge >= 0.3 is 0 Å². The van der Waals surface area contributed by atoms with Gasteiger partial charge in [0.05, 0.1) is 28.0 Å². The normalized spacial score (nSPS) is 11.6. The number of rotatable bonds is 8. The van der Waals surface area contributed by atoms with Crippen LogP contribution in [0.25, 0.3) is 16.3 Å². The monoisotopic (exact) mass is 533 g/mol. The highest BCUT2D eigenvalue weighted by atomic mass is 32.2. The summed E-state index contributed by atoms with van der Waals surface area (Å²) in [5, 5.41) is 12.5. The molecule has 0 aliphatic rings. The quantitative estimate of drug-likeness (QED) is 0.211. The number of anilines is 1. The number of sulfonamides is 1. The van der Waals surface area contributed by atoms with E-state index in [2.05, 4.69) is 15.2 Å². The molecule has 0 aliphatic carbocycles. The number of hydrazone groups is 1. The van der Waals surface area contributed by atoms with Crippen molar-refractivity contribution in [1.29, 1.82) is 0 Å². The van der Waals surface area contributed by atoms with Gasteiger partial charge in [0.15, 0.2) is 0 Å². The Morgan fingerprint density at radius 1 is 0.917 bits per heavy atom. The molecule has 180 valence electrons. The molecule has 11 heteroatoms. The van der Waals surface area contributed by atoms with Gasteiger partial charge in [-0.25, -0.2) is 18.5 Å². The van der Waals surface area contributed by atoms with Gasteiger partial charge in [-0.05, 0) is 47.2 Å². The molecule has 2 aromatic carbocycles. The number of aromatic nitrogens is 2. The fraction of sp³-hybridized carbons (Fsp3) is 0. The largest absolute Gasteiger partial charge is 0.278 e. The molecule has 3 heterocycles. The molecule has 36 heavy (non-hydrogen) atoms. The molecule has 3 aromatic heterocycles. The third-order valence-electron chi connectivity index (χ3n) is 5.06. The van der Waals surface area contributed by atoms with E-state index in [-0.39, 0.29) is 15.5 Å². The highest BCUT2D eigenvalue weighted by Gasteiger charge is 2.19. The lowest BCUT2D eigenvalue weighted by Gasteiger charge is -2.10. The van der Waals surface area contributed by atoms with E-state index in [1.54, 1.807) is 39.6 Å². The van der Waals surface area contributed by atoms with Gasteiger partial charge in [-0.2, -0.15) is 10.2 Å². The zero-order chi connectivity index (χ0) is 25.0. The van der Waals surface area contributed by atoms with Crippen LogP contribution in [0.3, 0.4) is 0 Å². The molecule has 0 aliphatic heterocycles. The average Bonchev–Trinajstić information content (AvgIpc) is 3.67. The summed E-state index contributed by atoms with van der Waals surface area (Å²) in [6.45, 7) is 0. The zero-order valence-electron chi connectivity index (χ0n) is 18.6. The van der Waals surface area contributed by atoms with E-state index in [0.717, 1.165) is 27.6 Å². The molecule has 0 radical (unpaired) electrons. The smallest absolute Gasteiger partial charge is 0.273 e. The second kappa shape index (κ2) is 10.3. The zero-order valence-corrected chi connectivity index (χ0v) is 21.1. The number of hydrogen-bond donors (Lipinski definition) is 2. The van der Waals surface area contributed by atoms with Gasteiger partial charge in [-0.3, -0.25) is 9.52 Å². The predicted octanol–water partition coefficient (Wildman–Crippen LogP) is 5.23. The van der Waals surface area contributed by atoms with E-state index in [1.165, 1.54) is 24.4 Å². The van der Waals surface area contributed by atoms with Gasteiger partial charge < -0.3 is 0 Å². The van der Waals surface area contributed by atoms with Crippen molar-refractivity contribution >= 4 is 50.5 Å². The summed E-state index contributed by atoms with van der Waals surface area (Å²) in [5.74, 6) is -0.552. The Labute approximate surface area is 215 Å². The molecule has 0 saturated heterocycles. The Morgan fingerprint density at radius 3 is 2.42 bits per heavy atom. The summed E-state index contributed by atoms with van der Waals surface area (Å²) in [6.07, 6.45) is 3.36. The van der Waals surface area contributed by atoms with Crippen LogP contribution in [0.2, 0.25) is 0 Å². The lowest BCUT2D eigenvalue weighted by atomic mass is 10.2. The molecule has 1 amide bonds. The van der Waals surface area contributed by atoms with Crippen LogP contribution < -0.4 is 10.1 Å². The molecule has 0 saturated carbocycles. The lowest BCUT2D eigenvalue weighted by molar-refractivity contribution is 0.0956. The van der Waals surface area contributed by atoms with Crippen molar-refractivity contribution in [2.75, 3.05) is 4.72 Å². The Balaban J connectivity index is 1.38. The number of carbonyl (C=O) groups is 1. The number of carbonyl (C=O) groups excluding carboxylic acids is 1. The third-order valence-corrected chi connectivity index (χ3v) is 8.70. The molecule has 5 aromatic rings. The second-order valence-corrected chi connectivity index (χ2v) is 11.3. The molecule has 2 N–H and O–H groups in total. The van der Waals surface area contributed by atoms with Gasteiger partial charge in [0.1, 0.15) is 9.90 Å². The first kappa shape index (κ1) is 23.7. The number of para-hydroxylation sites is 2. The molecule has 0 unspecified atom stereocenters. The van der Waals surface area contributed by atoms with Gasteiger partial charge in [0, 0.05) is 11.8 Å². The summed E-state index contributed by atoms with van der Waals surface area (Å²) in [5.41, 5.74) is 5.15. The highest BCUT2D eigenvalue weighted by molar-refractivity contribution is 7.94. The van der Waals surface area contributed by atoms with E-state index >= 15 is 0 Å². The van der Waals surface area contributed by atoms with Crippen molar-refractivity contribution in [2.45, 2.75) is 4.21 Å². The fourth-order valence-corrected chi connectivity index (χ4v) is 6.21. The summed E-state index contributed by atoms with van der Waals surface area (Å²) in [4.78, 5) is 13.9. The van der Waals surface area contributed by atoms with Crippen molar-refractivity contribution in [3.8, 4) is 16.3 Å². The minimum atomic E-state index is -3.80. The Kier molecular flexibility index (Phi) is 6.76. The second-order valence-electron chi connectivity index (χ2n) is 7.47. The summed E-state index contributed by atoms with van der Waals surface area (Å²) >= 11 is 2.65. The molecule has 5 rings (SSSR count). The minimum Gasteiger partial charge on any atom is -0.278 e. The first-order chi connectivity index (χ1) is 17.5. The number of amides is 1. The van der Waals surface area contributed by atoms with Crippen molar-refractivity contribution < 1.29 is 13.2 Å². The maximum atomic E-state index is 12.9. The molecule has 0 spiro atoms. The minimum absolute atomic E-state index is 0.147. The number of nitrogens with one attached hydrogen (secondary N) is 2. The molecular formula is C25H19N5O3S3. The Bertz CT molecular complexity index is 1610. The first-order valence-electron chi connectivity index (χ1n) is 10.7. The van der Waals surface area contributed by atoms with Crippen LogP contribution in [0.5, 0.6) is 0 Å². The summed E-state index contributed by atoms with van der Waals surface area (Å²) < 4.78 is 29.7. The molecule has 0 fully saturated rings. The van der Waals surface area contributed by atoms with Crippen LogP contribution in [0.1, 0.15) is 15.9 Å². The van der Waals surface area contributed by atoms with E-state index in [9.17, 15) is 13.2 Å². The first-order valence-corrected chi connectivity index (χ1v) is 13.9. The Morgan fingerprint density at radius 2 is 1.67 bits per heavy atom. The van der Waals surface area contributed by atoms with Crippen LogP contribution >= 0.6 is 22.7 Å². The van der Waals surface area contributed by atoms with E-state index in [1.807, 2.05) is 54.0 Å². The van der Waals surface area contributed by atoms with Crippen molar-refractivity contribution in [3.05, 3.63) is 107 Å². The van der Waals surface area contributed by atoms with Crippen LogP contribution in [-0.2, 0) is 10.0 Å². The highest BCUT2D eigenvalue weighted by Crippen LogP contribution is 2.27. The molecule has 0 atom stereocenters. The topological polar surface area (TPSA) is 105 Å². The van der Waals surface area contributed by atoms with Gasteiger partial charge in [-0.1, -0.05) is 42.5 Å². The van der Waals surface area contributed by atoms with Crippen LogP contribution in [0.15, 0.2) is 105 Å². The van der Waals surface area contributed by atoms with Crippen molar-refractivity contribution in [2.24, 2.45) is 5.10 Å². The van der Waals surface area contributed by atoms with Crippen LogP contribution in [-0.4, -0.2) is 30.3 Å². The van der Waals surface area contributed by atoms with E-state index in [0.29, 0.717) is 5.56 Å². The van der Waals surface area contributed by atoms with Crippen molar-refractivity contribution in [1.82, 2.24) is 15.2 Å². The third kappa shape index (κ3) is 5.13. The standard InChI is InChI=1S/C25H19N5O3S3/c31-25(20-10-4-5-11-21(20)29-36(32,33)23-13-7-15-35-23)27-26-16-18-17-30(19-8-2-1-3-9-19)28-24(18)22-12-6-14-34-22/h1-17,29H,(H,27,31).